The van der Waals surface area contributed by atoms with Gasteiger partial charge in [-0.1, -0.05) is 11.8 Å². The first kappa shape index (κ1) is 15.2. The minimum Gasteiger partial charge on any atom is -0.334 e. The third-order valence-corrected chi connectivity index (χ3v) is 4.68. The zero-order chi connectivity index (χ0) is 15.7. The van der Waals surface area contributed by atoms with Crippen LogP contribution in [0.4, 0.5) is 8.78 Å². The Bertz CT molecular complexity index is 741. The second-order valence-electron chi connectivity index (χ2n) is 5.10. The van der Waals surface area contributed by atoms with Crippen LogP contribution in [0.15, 0.2) is 16.3 Å². The molecule has 0 atom stereocenters. The van der Waals surface area contributed by atoms with Crippen LogP contribution in [0.3, 0.4) is 0 Å². The summed E-state index contributed by atoms with van der Waals surface area (Å²) in [6.07, 6.45) is 1.34. The minimum absolute atomic E-state index is 0.108. The largest absolute Gasteiger partial charge is 0.334 e. The highest BCUT2D eigenvalue weighted by Gasteiger charge is 2.21. The molecular formula is C14H16F2N4OS. The molecule has 8 heteroatoms. The van der Waals surface area contributed by atoms with Gasteiger partial charge in [0.1, 0.15) is 5.69 Å². The summed E-state index contributed by atoms with van der Waals surface area (Å²) in [7, 11) is 0. The van der Waals surface area contributed by atoms with Crippen molar-refractivity contribution in [3.05, 3.63) is 39.3 Å². The molecule has 0 saturated carbocycles. The van der Waals surface area contributed by atoms with Crippen molar-refractivity contribution in [1.29, 1.82) is 0 Å². The molecule has 2 aromatic heterocycles. The van der Waals surface area contributed by atoms with E-state index in [1.165, 1.54) is 18.1 Å². The molecule has 0 amide bonds. The van der Waals surface area contributed by atoms with Crippen LogP contribution in [0.5, 0.6) is 0 Å². The molecule has 0 bridgehead atoms. The van der Waals surface area contributed by atoms with Gasteiger partial charge in [0.15, 0.2) is 5.16 Å². The maximum absolute atomic E-state index is 13.0. The molecule has 0 aromatic carbocycles. The lowest BCUT2D eigenvalue weighted by Gasteiger charge is -2.08. The van der Waals surface area contributed by atoms with Crippen LogP contribution in [0.25, 0.3) is 0 Å². The number of nitrogens with one attached hydrogen (secondary N) is 1. The summed E-state index contributed by atoms with van der Waals surface area (Å²) in [5.74, 6) is 0.301. The summed E-state index contributed by atoms with van der Waals surface area (Å²) >= 11 is 1.26. The average Bonchev–Trinajstić information content (AvgIpc) is 3.11. The molecule has 1 aliphatic rings. The Morgan fingerprint density at radius 2 is 2.27 bits per heavy atom. The van der Waals surface area contributed by atoms with E-state index in [2.05, 4.69) is 15.0 Å². The van der Waals surface area contributed by atoms with Crippen LogP contribution in [-0.4, -0.2) is 19.5 Å². The lowest BCUT2D eigenvalue weighted by molar-refractivity contribution is 0.145. The Kier molecular flexibility index (Phi) is 4.28. The molecule has 1 aliphatic carbocycles. The van der Waals surface area contributed by atoms with Crippen LogP contribution in [0.2, 0.25) is 0 Å². The highest BCUT2D eigenvalue weighted by Crippen LogP contribution is 2.27. The number of halogens is 2. The number of alkyl halides is 2. The van der Waals surface area contributed by atoms with Crippen LogP contribution < -0.4 is 5.56 Å². The number of aryl methyl sites for hydroxylation is 2. The van der Waals surface area contributed by atoms with E-state index >= 15 is 0 Å². The molecule has 0 aliphatic heterocycles. The number of H-pyrrole nitrogens is 1. The van der Waals surface area contributed by atoms with E-state index in [-0.39, 0.29) is 11.3 Å². The maximum Gasteiger partial charge on any atom is 0.282 e. The first-order valence-electron chi connectivity index (χ1n) is 7.17. The number of rotatable bonds is 5. The van der Waals surface area contributed by atoms with Crippen LogP contribution in [0.1, 0.15) is 42.4 Å². The molecule has 0 unspecified atom stereocenters. The quantitative estimate of drug-likeness (QED) is 0.678. The molecule has 118 valence electrons. The molecule has 0 fully saturated rings. The molecule has 5 nitrogen and oxygen atoms in total. The van der Waals surface area contributed by atoms with Gasteiger partial charge in [-0.2, -0.15) is 0 Å². The fourth-order valence-corrected chi connectivity index (χ4v) is 3.59. The SMILES string of the molecule is CCn1cnc(C(F)F)c1CSc1nc2c(c(=O)[nH]1)CCC2. The number of fused-ring (bicyclic) bond motifs is 1. The van der Waals surface area contributed by atoms with E-state index in [0.29, 0.717) is 23.1 Å². The third-order valence-electron chi connectivity index (χ3n) is 3.79. The fourth-order valence-electron chi connectivity index (χ4n) is 2.66. The van der Waals surface area contributed by atoms with E-state index in [1.807, 2.05) is 6.92 Å². The Morgan fingerprint density at radius 1 is 1.45 bits per heavy atom. The lowest BCUT2D eigenvalue weighted by Crippen LogP contribution is -2.15. The normalized spacial score (nSPS) is 13.8. The number of aromatic amines is 1. The van der Waals surface area contributed by atoms with Crippen LogP contribution in [0, 0.1) is 0 Å². The standard InChI is InChI=1S/C14H16F2N4OS/c1-2-20-7-17-11(12(15)16)10(20)6-22-14-18-9-5-3-4-8(9)13(21)19-14/h7,12H,2-6H2,1H3,(H,18,19,21). The lowest BCUT2D eigenvalue weighted by atomic mass is 10.3. The van der Waals surface area contributed by atoms with Crippen molar-refractivity contribution in [2.45, 2.75) is 50.1 Å². The fraction of sp³-hybridized carbons (Fsp3) is 0.500. The van der Waals surface area contributed by atoms with Crippen molar-refractivity contribution in [2.75, 3.05) is 0 Å². The summed E-state index contributed by atoms with van der Waals surface area (Å²) in [6.45, 7) is 2.45. The van der Waals surface area contributed by atoms with Gasteiger partial charge in [-0.15, -0.1) is 0 Å². The molecule has 22 heavy (non-hydrogen) atoms. The summed E-state index contributed by atoms with van der Waals surface area (Å²) in [6, 6.07) is 0. The van der Waals surface area contributed by atoms with E-state index < -0.39 is 6.43 Å². The third kappa shape index (κ3) is 2.79. The zero-order valence-electron chi connectivity index (χ0n) is 12.1. The van der Waals surface area contributed by atoms with Crippen LogP contribution in [-0.2, 0) is 25.1 Å². The number of nitrogens with zero attached hydrogens (tertiary/aromatic N) is 3. The number of hydrogen-bond acceptors (Lipinski definition) is 4. The van der Waals surface area contributed by atoms with E-state index in [9.17, 15) is 13.6 Å². The van der Waals surface area contributed by atoms with Crippen molar-refractivity contribution in [1.82, 2.24) is 19.5 Å². The molecule has 2 heterocycles. The number of thioether (sulfide) groups is 1. The van der Waals surface area contributed by atoms with Gasteiger partial charge in [0, 0.05) is 17.9 Å². The molecule has 3 rings (SSSR count). The number of aromatic nitrogens is 4. The van der Waals surface area contributed by atoms with Gasteiger partial charge in [-0.05, 0) is 26.2 Å². The van der Waals surface area contributed by atoms with E-state index in [0.717, 1.165) is 30.5 Å². The molecule has 0 spiro atoms. The predicted octanol–water partition coefficient (Wildman–Crippen LogP) is 2.70. The van der Waals surface area contributed by atoms with Gasteiger partial charge >= 0.3 is 0 Å². The van der Waals surface area contributed by atoms with E-state index in [4.69, 9.17) is 0 Å². The average molecular weight is 326 g/mol. The summed E-state index contributed by atoms with van der Waals surface area (Å²) in [4.78, 5) is 22.9. The highest BCUT2D eigenvalue weighted by molar-refractivity contribution is 7.98. The van der Waals surface area contributed by atoms with Crippen LogP contribution >= 0.6 is 11.8 Å². The van der Waals surface area contributed by atoms with Crippen molar-refractivity contribution in [3.63, 3.8) is 0 Å². The monoisotopic (exact) mass is 326 g/mol. The van der Waals surface area contributed by atoms with E-state index in [1.54, 1.807) is 4.57 Å². The second-order valence-corrected chi connectivity index (χ2v) is 6.07. The van der Waals surface area contributed by atoms with Crippen molar-refractivity contribution < 1.29 is 8.78 Å². The first-order chi connectivity index (χ1) is 10.6. The number of hydrogen-bond donors (Lipinski definition) is 1. The van der Waals surface area contributed by atoms with Gasteiger partial charge in [-0.25, -0.2) is 18.7 Å². The Labute approximate surface area is 130 Å². The minimum atomic E-state index is -2.60. The molecule has 0 saturated heterocycles. The van der Waals surface area contributed by atoms with Gasteiger partial charge in [0.2, 0.25) is 0 Å². The van der Waals surface area contributed by atoms with Crippen molar-refractivity contribution >= 4 is 11.8 Å². The zero-order valence-corrected chi connectivity index (χ0v) is 12.9. The van der Waals surface area contributed by atoms with Crippen molar-refractivity contribution in [3.8, 4) is 0 Å². The van der Waals surface area contributed by atoms with Gasteiger partial charge in [-0.3, -0.25) is 4.79 Å². The van der Waals surface area contributed by atoms with Gasteiger partial charge in [0.25, 0.3) is 12.0 Å². The molecular weight excluding hydrogens is 310 g/mol. The summed E-state index contributed by atoms with van der Waals surface area (Å²) < 4.78 is 27.7. The predicted molar refractivity (Wildman–Crippen MR) is 79.3 cm³/mol. The first-order valence-corrected chi connectivity index (χ1v) is 8.15. The smallest absolute Gasteiger partial charge is 0.282 e. The Balaban J connectivity index is 1.83. The Morgan fingerprint density at radius 3 is 3.00 bits per heavy atom. The topological polar surface area (TPSA) is 63.6 Å². The van der Waals surface area contributed by atoms with Crippen molar-refractivity contribution in [2.24, 2.45) is 0 Å². The second kappa shape index (κ2) is 6.20. The molecule has 0 radical (unpaired) electrons. The summed E-state index contributed by atoms with van der Waals surface area (Å²) in [5, 5.41) is 0.481. The van der Waals surface area contributed by atoms with Gasteiger partial charge < -0.3 is 9.55 Å². The Hall–Kier alpha value is -1.70. The maximum atomic E-state index is 13.0. The van der Waals surface area contributed by atoms with Gasteiger partial charge in [0.05, 0.1) is 17.7 Å². The highest BCUT2D eigenvalue weighted by atomic mass is 32.2. The number of imidazole rings is 1. The molecule has 2 aromatic rings. The molecule has 1 N–H and O–H groups in total. The summed E-state index contributed by atoms with van der Waals surface area (Å²) in [5.41, 5.74) is 1.77.